The molecule has 0 radical (unpaired) electrons. The van der Waals surface area contributed by atoms with Gasteiger partial charge in [-0.15, -0.1) is 0 Å². The summed E-state index contributed by atoms with van der Waals surface area (Å²) < 4.78 is 2.02. The maximum atomic E-state index is 9.95. The summed E-state index contributed by atoms with van der Waals surface area (Å²) in [7, 11) is 0. The quantitative estimate of drug-likeness (QED) is 0.473. The van der Waals surface area contributed by atoms with Gasteiger partial charge >= 0.3 is 5.30 Å². The topological polar surface area (TPSA) is 66.4 Å². The first kappa shape index (κ1) is 7.29. The fourth-order valence-corrected chi connectivity index (χ4v) is 0.347. The molecule has 0 aliphatic heterocycles. The monoisotopic (exact) mass is 135 g/mol. The number of carboxylic acid groups (broad SMARTS) is 1. The van der Waals surface area contributed by atoms with Gasteiger partial charge < -0.3 is 5.11 Å². The van der Waals surface area contributed by atoms with Crippen molar-refractivity contribution in [1.29, 1.82) is 0 Å². The maximum Gasteiger partial charge on any atom is 0.385 e. The zero-order chi connectivity index (χ0) is 6.57. The first-order valence-electron chi connectivity index (χ1n) is 1.79. The van der Waals surface area contributed by atoms with Crippen molar-refractivity contribution in [2.45, 2.75) is 6.92 Å². The number of carbonyl (C=O) groups excluding carboxylic acids is 1. The fraction of sp³-hybridized carbons (Fsp3) is 0.333. The Morgan fingerprint density at radius 2 is 2.12 bits per heavy atom. The predicted octanol–water partition coefficient (Wildman–Crippen LogP) is 0.449. The van der Waals surface area contributed by atoms with Gasteiger partial charge in [0.15, 0.2) is 0 Å². The summed E-state index contributed by atoms with van der Waals surface area (Å²) in [5, 5.41) is 6.80. The minimum absolute atomic E-state index is 0.356. The Kier molecular flexibility index (Phi) is 3.02. The van der Waals surface area contributed by atoms with Crippen molar-refractivity contribution in [3.05, 3.63) is 0 Å². The Labute approximate surface area is 50.4 Å². The molecule has 0 aromatic heterocycles. The van der Waals surface area contributed by atoms with Crippen LogP contribution in [0.1, 0.15) is 6.92 Å². The van der Waals surface area contributed by atoms with Gasteiger partial charge in [-0.25, -0.2) is 4.79 Å². The molecule has 0 fully saturated rings. The maximum absolute atomic E-state index is 9.95. The average molecular weight is 135 g/mol. The molecule has 0 aliphatic carbocycles. The molecule has 0 aromatic carbocycles. The highest BCUT2D eigenvalue weighted by Crippen LogP contribution is 1.91. The number of rotatable bonds is 0. The first-order chi connectivity index (χ1) is 3.63. The van der Waals surface area contributed by atoms with Crippen LogP contribution in [-0.4, -0.2) is 16.3 Å². The Hall–Kier alpha value is -0.710. The van der Waals surface area contributed by atoms with Crippen molar-refractivity contribution < 1.29 is 14.7 Å². The summed E-state index contributed by atoms with van der Waals surface area (Å²) >= 11 is 0.356. The molecule has 0 atom stereocenters. The molecule has 0 heterocycles. The molecule has 8 heavy (non-hydrogen) atoms. The van der Waals surface area contributed by atoms with Crippen LogP contribution in [0.5, 0.6) is 0 Å². The average Bonchev–Trinajstić information content (AvgIpc) is 1.61. The Balaban J connectivity index is 3.18. The van der Waals surface area contributed by atoms with Gasteiger partial charge in [-0.3, -0.25) is 9.52 Å². The third-order valence-electron chi connectivity index (χ3n) is 0.282. The number of carbonyl (C=O) groups is 2. The van der Waals surface area contributed by atoms with E-state index in [4.69, 9.17) is 5.11 Å². The Morgan fingerprint density at radius 1 is 1.62 bits per heavy atom. The lowest BCUT2D eigenvalue weighted by atomic mass is 10.8. The second-order valence-corrected chi connectivity index (χ2v) is 1.78. The van der Waals surface area contributed by atoms with Crippen LogP contribution in [0.3, 0.4) is 0 Å². The smallest absolute Gasteiger partial charge is 0.385 e. The van der Waals surface area contributed by atoms with Crippen LogP contribution < -0.4 is 4.72 Å². The van der Waals surface area contributed by atoms with Crippen LogP contribution in [-0.2, 0) is 4.79 Å². The summed E-state index contributed by atoms with van der Waals surface area (Å²) in [5.41, 5.74) is 0. The molecular weight excluding hydrogens is 130 g/mol. The minimum Gasteiger partial charge on any atom is -0.472 e. The van der Waals surface area contributed by atoms with E-state index in [9.17, 15) is 9.59 Å². The molecule has 0 aliphatic rings. The third-order valence-corrected chi connectivity index (χ3v) is 0.846. The van der Waals surface area contributed by atoms with Crippen LogP contribution in [0.4, 0.5) is 4.79 Å². The van der Waals surface area contributed by atoms with Gasteiger partial charge in [0.2, 0.25) is 5.91 Å². The van der Waals surface area contributed by atoms with Gasteiger partial charge in [-0.05, 0) is 0 Å². The molecule has 5 heteroatoms. The SMILES string of the molecule is CC(=O)NSC(=O)O. The van der Waals surface area contributed by atoms with E-state index in [2.05, 4.69) is 0 Å². The van der Waals surface area contributed by atoms with Crippen molar-refractivity contribution in [3.8, 4) is 0 Å². The second-order valence-electron chi connectivity index (χ2n) is 1.03. The van der Waals surface area contributed by atoms with Gasteiger partial charge in [0.05, 0.1) is 11.9 Å². The molecule has 0 bridgehead atoms. The second kappa shape index (κ2) is 3.31. The van der Waals surface area contributed by atoms with Gasteiger partial charge in [0.25, 0.3) is 0 Å². The number of hydrogen-bond donors (Lipinski definition) is 2. The van der Waals surface area contributed by atoms with E-state index >= 15 is 0 Å². The minimum atomic E-state index is -1.11. The van der Waals surface area contributed by atoms with Crippen molar-refractivity contribution in [2.75, 3.05) is 0 Å². The zero-order valence-corrected chi connectivity index (χ0v) is 4.99. The van der Waals surface area contributed by atoms with Crippen LogP contribution in [0.25, 0.3) is 0 Å². The molecular formula is C3H5NO3S. The molecule has 2 N–H and O–H groups in total. The van der Waals surface area contributed by atoms with E-state index < -0.39 is 5.30 Å². The van der Waals surface area contributed by atoms with Gasteiger partial charge in [0.1, 0.15) is 0 Å². The lowest BCUT2D eigenvalue weighted by Crippen LogP contribution is -2.12. The van der Waals surface area contributed by atoms with E-state index in [1.807, 2.05) is 4.72 Å². The van der Waals surface area contributed by atoms with Crippen LogP contribution in [0, 0.1) is 0 Å². The zero-order valence-electron chi connectivity index (χ0n) is 4.17. The van der Waals surface area contributed by atoms with E-state index in [1.54, 1.807) is 0 Å². The van der Waals surface area contributed by atoms with E-state index in [0.717, 1.165) is 0 Å². The largest absolute Gasteiger partial charge is 0.472 e. The summed E-state index contributed by atoms with van der Waals surface area (Å²) in [6.07, 6.45) is 0. The van der Waals surface area contributed by atoms with Gasteiger partial charge in [0, 0.05) is 6.92 Å². The highest BCUT2D eigenvalue weighted by atomic mass is 32.2. The van der Waals surface area contributed by atoms with Crippen molar-refractivity contribution in [1.82, 2.24) is 4.72 Å². The number of nitrogens with one attached hydrogen (secondary N) is 1. The highest BCUT2D eigenvalue weighted by Gasteiger charge is 1.96. The van der Waals surface area contributed by atoms with Crippen molar-refractivity contribution >= 4 is 23.2 Å². The molecule has 0 spiro atoms. The van der Waals surface area contributed by atoms with E-state index in [-0.39, 0.29) is 5.91 Å². The normalized spacial score (nSPS) is 8.12. The van der Waals surface area contributed by atoms with Crippen LogP contribution >= 0.6 is 11.9 Å². The molecule has 0 saturated heterocycles. The van der Waals surface area contributed by atoms with Gasteiger partial charge in [-0.1, -0.05) is 0 Å². The molecule has 0 saturated carbocycles. The lowest BCUT2D eigenvalue weighted by molar-refractivity contribution is -0.117. The van der Waals surface area contributed by atoms with Crippen LogP contribution in [0.15, 0.2) is 0 Å². The van der Waals surface area contributed by atoms with Crippen LogP contribution in [0.2, 0.25) is 0 Å². The summed E-state index contributed by atoms with van der Waals surface area (Å²) in [6.45, 7) is 1.25. The lowest BCUT2D eigenvalue weighted by Gasteiger charge is -1.90. The predicted molar refractivity (Wildman–Crippen MR) is 29.4 cm³/mol. The first-order valence-corrected chi connectivity index (χ1v) is 2.61. The molecule has 1 amide bonds. The Bertz CT molecular complexity index is 99.1. The fourth-order valence-electron chi connectivity index (χ4n) is 0.116. The molecule has 0 rings (SSSR count). The standard InChI is InChI=1S/C3H5NO3S/c1-2(5)4-8-3(6)7/h1H3,(H,4,5)(H,6,7). The number of hydrogen-bond acceptors (Lipinski definition) is 3. The molecule has 0 unspecified atom stereocenters. The summed E-state index contributed by atoms with van der Waals surface area (Å²) in [6, 6.07) is 0. The molecule has 46 valence electrons. The summed E-state index contributed by atoms with van der Waals surface area (Å²) in [4.78, 5) is 19.6. The summed E-state index contributed by atoms with van der Waals surface area (Å²) in [5.74, 6) is -0.364. The Morgan fingerprint density at radius 3 is 2.25 bits per heavy atom. The van der Waals surface area contributed by atoms with Gasteiger partial charge in [-0.2, -0.15) is 0 Å². The molecule has 0 aromatic rings. The third kappa shape index (κ3) is 5.29. The van der Waals surface area contributed by atoms with Crippen molar-refractivity contribution in [2.24, 2.45) is 0 Å². The number of amides is 1. The van der Waals surface area contributed by atoms with Crippen molar-refractivity contribution in [3.63, 3.8) is 0 Å². The van der Waals surface area contributed by atoms with E-state index in [0.29, 0.717) is 11.9 Å². The van der Waals surface area contributed by atoms with E-state index in [1.165, 1.54) is 6.92 Å². The molecule has 4 nitrogen and oxygen atoms in total. The highest BCUT2D eigenvalue weighted by molar-refractivity contribution is 8.11.